The average molecular weight is 349 g/mol. The second kappa shape index (κ2) is 7.70. The molecule has 3 fully saturated rings. The Balaban J connectivity index is 1.23. The van der Waals surface area contributed by atoms with Crippen LogP contribution in [0.2, 0.25) is 0 Å². The van der Waals surface area contributed by atoms with E-state index in [0.717, 1.165) is 77.5 Å². The van der Waals surface area contributed by atoms with Crippen LogP contribution in [-0.2, 0) is 20.8 Å². The Morgan fingerprint density at radius 3 is 2.76 bits per heavy atom. The Morgan fingerprint density at radius 1 is 1.12 bits per heavy atom. The van der Waals surface area contributed by atoms with Gasteiger partial charge in [-0.05, 0) is 42.9 Å². The van der Waals surface area contributed by atoms with Crippen LogP contribution in [0.5, 0.6) is 0 Å². The smallest absolute Gasteiger partial charge is 0.123 e. The van der Waals surface area contributed by atoms with Gasteiger partial charge in [0.05, 0.1) is 12.2 Å². The van der Waals surface area contributed by atoms with Crippen LogP contribution in [0, 0.1) is 17.7 Å². The number of ether oxygens (including phenoxy) is 3. The minimum Gasteiger partial charge on any atom is -0.381 e. The highest BCUT2D eigenvalue weighted by Crippen LogP contribution is 2.40. The maximum Gasteiger partial charge on any atom is 0.123 e. The second-order valence-electron chi connectivity index (χ2n) is 7.77. The van der Waals surface area contributed by atoms with Gasteiger partial charge in [0.25, 0.3) is 0 Å². The minimum atomic E-state index is -0.163. The third-order valence-electron chi connectivity index (χ3n) is 5.89. The molecule has 3 aliphatic heterocycles. The summed E-state index contributed by atoms with van der Waals surface area (Å²) < 4.78 is 30.9. The molecule has 1 spiro atoms. The maximum atomic E-state index is 13.3. The van der Waals surface area contributed by atoms with E-state index in [1.807, 2.05) is 6.07 Å². The van der Waals surface area contributed by atoms with Crippen molar-refractivity contribution in [3.05, 3.63) is 35.6 Å². The molecule has 4 rings (SSSR count). The Hall–Kier alpha value is -1.01. The molecule has 4 nitrogen and oxygen atoms in total. The van der Waals surface area contributed by atoms with Crippen molar-refractivity contribution in [2.24, 2.45) is 11.8 Å². The van der Waals surface area contributed by atoms with Crippen molar-refractivity contribution in [2.75, 3.05) is 46.1 Å². The molecule has 0 bridgehead atoms. The predicted octanol–water partition coefficient (Wildman–Crippen LogP) is 2.86. The van der Waals surface area contributed by atoms with Crippen LogP contribution in [-0.4, -0.2) is 56.6 Å². The van der Waals surface area contributed by atoms with Crippen molar-refractivity contribution in [2.45, 2.75) is 31.4 Å². The fraction of sp³-hybridized carbons (Fsp3) is 0.700. The van der Waals surface area contributed by atoms with Gasteiger partial charge in [-0.2, -0.15) is 0 Å². The molecule has 0 radical (unpaired) electrons. The van der Waals surface area contributed by atoms with Crippen LogP contribution in [0.1, 0.15) is 24.8 Å². The summed E-state index contributed by atoms with van der Waals surface area (Å²) in [7, 11) is 0. The molecular weight excluding hydrogens is 321 g/mol. The lowest BCUT2D eigenvalue weighted by atomic mass is 9.81. The zero-order chi connectivity index (χ0) is 17.1. The normalized spacial score (nSPS) is 26.8. The van der Waals surface area contributed by atoms with Crippen molar-refractivity contribution < 1.29 is 18.6 Å². The quantitative estimate of drug-likeness (QED) is 0.790. The third-order valence-corrected chi connectivity index (χ3v) is 5.89. The number of likely N-dealkylation sites (tertiary alicyclic amines) is 1. The highest BCUT2D eigenvalue weighted by atomic mass is 19.1. The summed E-state index contributed by atoms with van der Waals surface area (Å²) in [6, 6.07) is 6.87. The van der Waals surface area contributed by atoms with Crippen LogP contribution in [0.3, 0.4) is 0 Å². The molecule has 0 aromatic heterocycles. The molecule has 138 valence electrons. The first-order valence-corrected chi connectivity index (χ1v) is 9.50. The summed E-state index contributed by atoms with van der Waals surface area (Å²) in [5, 5.41) is 0. The lowest BCUT2D eigenvalue weighted by Crippen LogP contribution is -2.64. The van der Waals surface area contributed by atoms with Crippen molar-refractivity contribution in [1.29, 1.82) is 0 Å². The molecule has 0 amide bonds. The summed E-state index contributed by atoms with van der Waals surface area (Å²) in [6.45, 7) is 6.87. The van der Waals surface area contributed by atoms with Gasteiger partial charge in [0.15, 0.2) is 0 Å². The molecule has 0 N–H and O–H groups in total. The zero-order valence-corrected chi connectivity index (χ0v) is 14.8. The molecule has 0 saturated carbocycles. The number of hydrogen-bond acceptors (Lipinski definition) is 4. The Bertz CT molecular complexity index is 570. The summed E-state index contributed by atoms with van der Waals surface area (Å²) >= 11 is 0. The lowest BCUT2D eigenvalue weighted by Gasteiger charge is -2.50. The van der Waals surface area contributed by atoms with Gasteiger partial charge in [0, 0.05) is 52.0 Å². The van der Waals surface area contributed by atoms with Crippen LogP contribution < -0.4 is 0 Å². The number of benzene rings is 1. The van der Waals surface area contributed by atoms with Gasteiger partial charge < -0.3 is 14.2 Å². The molecule has 1 aromatic carbocycles. The summed E-state index contributed by atoms with van der Waals surface area (Å²) in [5.74, 6) is 0.971. The Morgan fingerprint density at radius 2 is 1.96 bits per heavy atom. The van der Waals surface area contributed by atoms with Crippen LogP contribution >= 0.6 is 0 Å². The minimum absolute atomic E-state index is 0.0387. The monoisotopic (exact) mass is 349 g/mol. The standard InChI is InChI=1S/C20H28FNO3/c21-19-3-1-2-17(10-19)11-22-14-20(15-22)18(6-9-25-20)13-24-12-16-4-7-23-8-5-16/h1-3,10,16,18H,4-9,11-15H2/t18-/m0/s1. The Kier molecular flexibility index (Phi) is 5.36. The van der Waals surface area contributed by atoms with Crippen molar-refractivity contribution in [1.82, 2.24) is 4.90 Å². The second-order valence-corrected chi connectivity index (χ2v) is 7.77. The molecule has 5 heteroatoms. The van der Waals surface area contributed by atoms with E-state index in [1.165, 1.54) is 6.07 Å². The van der Waals surface area contributed by atoms with Gasteiger partial charge in [-0.25, -0.2) is 4.39 Å². The van der Waals surface area contributed by atoms with Crippen LogP contribution in [0.4, 0.5) is 4.39 Å². The number of hydrogen-bond donors (Lipinski definition) is 0. The van der Waals surface area contributed by atoms with E-state index in [4.69, 9.17) is 14.2 Å². The molecule has 3 saturated heterocycles. The first-order valence-electron chi connectivity index (χ1n) is 9.50. The molecule has 0 unspecified atom stereocenters. The highest BCUT2D eigenvalue weighted by Gasteiger charge is 2.52. The predicted molar refractivity (Wildman–Crippen MR) is 92.8 cm³/mol. The molecule has 1 atom stereocenters. The van der Waals surface area contributed by atoms with Gasteiger partial charge in [-0.3, -0.25) is 4.90 Å². The SMILES string of the molecule is Fc1cccc(CN2CC3(C2)OCC[C@H]3COCC2CCOCC2)c1. The maximum absolute atomic E-state index is 13.3. The van der Waals surface area contributed by atoms with E-state index in [2.05, 4.69) is 4.90 Å². The van der Waals surface area contributed by atoms with E-state index < -0.39 is 0 Å². The first-order chi connectivity index (χ1) is 12.2. The fourth-order valence-electron chi connectivity index (χ4n) is 4.38. The number of rotatable bonds is 6. The van der Waals surface area contributed by atoms with E-state index in [1.54, 1.807) is 12.1 Å². The van der Waals surface area contributed by atoms with E-state index in [9.17, 15) is 4.39 Å². The van der Waals surface area contributed by atoms with E-state index in [0.29, 0.717) is 11.8 Å². The van der Waals surface area contributed by atoms with Crippen molar-refractivity contribution in [3.63, 3.8) is 0 Å². The number of nitrogens with zero attached hydrogens (tertiary/aromatic N) is 1. The van der Waals surface area contributed by atoms with E-state index >= 15 is 0 Å². The topological polar surface area (TPSA) is 30.9 Å². The van der Waals surface area contributed by atoms with E-state index in [-0.39, 0.29) is 11.4 Å². The molecular formula is C20H28FNO3. The fourth-order valence-corrected chi connectivity index (χ4v) is 4.38. The summed E-state index contributed by atoms with van der Waals surface area (Å²) in [5.41, 5.74) is 0.989. The zero-order valence-electron chi connectivity index (χ0n) is 14.8. The Labute approximate surface area is 149 Å². The largest absolute Gasteiger partial charge is 0.381 e. The van der Waals surface area contributed by atoms with Crippen LogP contribution in [0.25, 0.3) is 0 Å². The average Bonchev–Trinajstić information content (AvgIpc) is 2.99. The van der Waals surface area contributed by atoms with Gasteiger partial charge in [0.2, 0.25) is 0 Å². The van der Waals surface area contributed by atoms with Gasteiger partial charge in [0.1, 0.15) is 5.82 Å². The van der Waals surface area contributed by atoms with Gasteiger partial charge in [-0.15, -0.1) is 0 Å². The van der Waals surface area contributed by atoms with Gasteiger partial charge >= 0.3 is 0 Å². The van der Waals surface area contributed by atoms with Crippen molar-refractivity contribution in [3.8, 4) is 0 Å². The first kappa shape index (κ1) is 17.4. The molecule has 0 aliphatic carbocycles. The molecule has 25 heavy (non-hydrogen) atoms. The molecule has 3 aliphatic rings. The van der Waals surface area contributed by atoms with Gasteiger partial charge in [-0.1, -0.05) is 12.1 Å². The lowest BCUT2D eigenvalue weighted by molar-refractivity contribution is -0.147. The van der Waals surface area contributed by atoms with Crippen molar-refractivity contribution >= 4 is 0 Å². The molecule has 1 aromatic rings. The molecule has 3 heterocycles. The summed E-state index contributed by atoms with van der Waals surface area (Å²) in [6.07, 6.45) is 3.32. The van der Waals surface area contributed by atoms with Crippen LogP contribution in [0.15, 0.2) is 24.3 Å². The summed E-state index contributed by atoms with van der Waals surface area (Å²) in [4.78, 5) is 2.34. The third kappa shape index (κ3) is 4.05. The number of halogens is 1. The highest BCUT2D eigenvalue weighted by molar-refractivity contribution is 5.17.